The average Bonchev–Trinajstić information content (AvgIpc) is 3.12. The van der Waals surface area contributed by atoms with Gasteiger partial charge in [0.1, 0.15) is 18.2 Å². The van der Waals surface area contributed by atoms with Crippen LogP contribution in [0, 0.1) is 0 Å². The predicted molar refractivity (Wildman–Crippen MR) is 115 cm³/mol. The number of nitrogens with zero attached hydrogens (tertiary/aromatic N) is 2. The lowest BCUT2D eigenvalue weighted by Gasteiger charge is -2.19. The number of hydrogen-bond donors (Lipinski definition) is 0. The van der Waals surface area contributed by atoms with Gasteiger partial charge in [-0.3, -0.25) is 0 Å². The molecule has 0 N–H and O–H groups in total. The molecule has 3 aromatic carbocycles. The largest absolute Gasteiger partial charge is 0.485 e. The smallest absolute Gasteiger partial charge is 0.148 e. The van der Waals surface area contributed by atoms with Crippen molar-refractivity contribution < 1.29 is 4.74 Å². The highest BCUT2D eigenvalue weighted by molar-refractivity contribution is 5.76. The Morgan fingerprint density at radius 2 is 1.68 bits per heavy atom. The highest BCUT2D eigenvalue weighted by atomic mass is 16.5. The summed E-state index contributed by atoms with van der Waals surface area (Å²) < 4.78 is 8.48. The van der Waals surface area contributed by atoms with E-state index in [-0.39, 0.29) is 6.04 Å². The zero-order chi connectivity index (χ0) is 19.3. The first-order valence-electron chi connectivity index (χ1n) is 9.60. The molecule has 1 unspecified atom stereocenters. The number of imidazole rings is 1. The van der Waals surface area contributed by atoms with Gasteiger partial charge in [0.2, 0.25) is 0 Å². The number of hydrogen-bond acceptors (Lipinski definition) is 2. The number of rotatable bonds is 7. The molecule has 1 atom stereocenters. The third-order valence-corrected chi connectivity index (χ3v) is 5.03. The van der Waals surface area contributed by atoms with Crippen molar-refractivity contribution in [3.05, 3.63) is 108 Å². The number of allylic oxidation sites excluding steroid dienone is 1. The van der Waals surface area contributed by atoms with Gasteiger partial charge in [-0.1, -0.05) is 66.7 Å². The molecule has 3 nitrogen and oxygen atoms in total. The van der Waals surface area contributed by atoms with Gasteiger partial charge in [0.05, 0.1) is 17.1 Å². The lowest BCUT2D eigenvalue weighted by atomic mass is 10.1. The van der Waals surface area contributed by atoms with E-state index >= 15 is 0 Å². The fourth-order valence-corrected chi connectivity index (χ4v) is 3.62. The monoisotopic (exact) mass is 368 g/mol. The van der Waals surface area contributed by atoms with Crippen LogP contribution in [0.2, 0.25) is 0 Å². The summed E-state index contributed by atoms with van der Waals surface area (Å²) in [4.78, 5) is 4.87. The molecule has 3 heteroatoms. The first-order valence-corrected chi connectivity index (χ1v) is 9.60. The van der Waals surface area contributed by atoms with Crippen molar-refractivity contribution >= 4 is 11.0 Å². The summed E-state index contributed by atoms with van der Waals surface area (Å²) in [5, 5.41) is 0. The van der Waals surface area contributed by atoms with Gasteiger partial charge in [0.15, 0.2) is 0 Å². The van der Waals surface area contributed by atoms with E-state index in [1.807, 2.05) is 36.4 Å². The van der Waals surface area contributed by atoms with Crippen LogP contribution < -0.4 is 4.74 Å². The maximum atomic E-state index is 6.20. The standard InChI is InChI=1S/C25H24N2O/c1-3-11-21-14-7-10-17-24(21)28-18-25-26-22-15-8-9-16-23(22)27(25)19(2)20-12-5-4-6-13-20/h3-10,12-17,19H,1,11,18H2,2H3. The van der Waals surface area contributed by atoms with Gasteiger partial charge in [-0.15, -0.1) is 6.58 Å². The second-order valence-electron chi connectivity index (χ2n) is 6.86. The van der Waals surface area contributed by atoms with Gasteiger partial charge in [-0.2, -0.15) is 0 Å². The van der Waals surface area contributed by atoms with Crippen molar-refractivity contribution in [3.63, 3.8) is 0 Å². The molecule has 0 aliphatic heterocycles. The molecule has 0 saturated carbocycles. The number of para-hydroxylation sites is 3. The summed E-state index contributed by atoms with van der Waals surface area (Å²) in [5.41, 5.74) is 4.50. The fourth-order valence-electron chi connectivity index (χ4n) is 3.62. The molecule has 140 valence electrons. The fraction of sp³-hybridized carbons (Fsp3) is 0.160. The summed E-state index contributed by atoms with van der Waals surface area (Å²) in [5.74, 6) is 1.80. The minimum Gasteiger partial charge on any atom is -0.485 e. The molecular weight excluding hydrogens is 344 g/mol. The lowest BCUT2D eigenvalue weighted by molar-refractivity contribution is 0.286. The molecule has 4 rings (SSSR count). The van der Waals surface area contributed by atoms with Crippen LogP contribution in [0.1, 0.15) is 29.9 Å². The van der Waals surface area contributed by atoms with Crippen molar-refractivity contribution in [2.45, 2.75) is 26.0 Å². The van der Waals surface area contributed by atoms with Crippen molar-refractivity contribution in [3.8, 4) is 5.75 Å². The Morgan fingerprint density at radius 1 is 0.964 bits per heavy atom. The van der Waals surface area contributed by atoms with Gasteiger partial charge < -0.3 is 9.30 Å². The van der Waals surface area contributed by atoms with Crippen LogP contribution in [-0.4, -0.2) is 9.55 Å². The van der Waals surface area contributed by atoms with E-state index in [1.165, 1.54) is 5.56 Å². The molecule has 0 aliphatic carbocycles. The number of ether oxygens (including phenoxy) is 1. The molecule has 0 saturated heterocycles. The summed E-state index contributed by atoms with van der Waals surface area (Å²) in [6, 6.07) is 27.0. The predicted octanol–water partition coefficient (Wildman–Crippen LogP) is 5.95. The maximum absolute atomic E-state index is 6.20. The molecule has 1 heterocycles. The Balaban J connectivity index is 1.70. The van der Waals surface area contributed by atoms with E-state index in [0.717, 1.165) is 34.6 Å². The van der Waals surface area contributed by atoms with Crippen molar-refractivity contribution in [1.82, 2.24) is 9.55 Å². The first-order chi connectivity index (χ1) is 13.8. The molecule has 0 radical (unpaired) electrons. The first kappa shape index (κ1) is 18.1. The van der Waals surface area contributed by atoms with Crippen LogP contribution in [0.15, 0.2) is 91.5 Å². The molecule has 0 fully saturated rings. The molecule has 4 aromatic rings. The van der Waals surface area contributed by atoms with E-state index in [1.54, 1.807) is 0 Å². The zero-order valence-corrected chi connectivity index (χ0v) is 16.1. The van der Waals surface area contributed by atoms with E-state index < -0.39 is 0 Å². The summed E-state index contributed by atoms with van der Waals surface area (Å²) in [6.07, 6.45) is 2.68. The Morgan fingerprint density at radius 3 is 2.50 bits per heavy atom. The van der Waals surface area contributed by atoms with Crippen molar-refractivity contribution in [1.29, 1.82) is 0 Å². The van der Waals surface area contributed by atoms with Gasteiger partial charge in [-0.25, -0.2) is 4.98 Å². The molecule has 0 aliphatic rings. The quantitative estimate of drug-likeness (QED) is 0.377. The van der Waals surface area contributed by atoms with Gasteiger partial charge in [-0.05, 0) is 42.7 Å². The van der Waals surface area contributed by atoms with Gasteiger partial charge >= 0.3 is 0 Å². The van der Waals surface area contributed by atoms with Crippen molar-refractivity contribution in [2.75, 3.05) is 0 Å². The van der Waals surface area contributed by atoms with Crippen LogP contribution in [0.5, 0.6) is 5.75 Å². The summed E-state index contributed by atoms with van der Waals surface area (Å²) in [6.45, 7) is 6.47. The Kier molecular flexibility index (Phi) is 5.24. The molecule has 0 bridgehead atoms. The number of fused-ring (bicyclic) bond motifs is 1. The zero-order valence-electron chi connectivity index (χ0n) is 16.1. The topological polar surface area (TPSA) is 27.1 Å². The Labute approximate surface area is 165 Å². The third-order valence-electron chi connectivity index (χ3n) is 5.03. The number of aromatic nitrogens is 2. The lowest BCUT2D eigenvalue weighted by Crippen LogP contribution is -2.13. The second-order valence-corrected chi connectivity index (χ2v) is 6.86. The minimum absolute atomic E-state index is 0.163. The van der Waals surface area contributed by atoms with E-state index in [0.29, 0.717) is 6.61 Å². The maximum Gasteiger partial charge on any atom is 0.148 e. The second kappa shape index (κ2) is 8.13. The highest BCUT2D eigenvalue weighted by Crippen LogP contribution is 2.27. The van der Waals surface area contributed by atoms with Gasteiger partial charge in [0.25, 0.3) is 0 Å². The molecule has 0 spiro atoms. The number of benzene rings is 3. The van der Waals surface area contributed by atoms with Crippen LogP contribution in [-0.2, 0) is 13.0 Å². The van der Waals surface area contributed by atoms with E-state index in [9.17, 15) is 0 Å². The molecular formula is C25H24N2O. The Bertz CT molecular complexity index is 1080. The van der Waals surface area contributed by atoms with E-state index in [2.05, 4.69) is 66.6 Å². The van der Waals surface area contributed by atoms with Crippen LogP contribution in [0.4, 0.5) is 0 Å². The van der Waals surface area contributed by atoms with Gasteiger partial charge in [0, 0.05) is 0 Å². The van der Waals surface area contributed by atoms with Crippen LogP contribution in [0.25, 0.3) is 11.0 Å². The van der Waals surface area contributed by atoms with E-state index in [4.69, 9.17) is 9.72 Å². The van der Waals surface area contributed by atoms with Crippen molar-refractivity contribution in [2.24, 2.45) is 0 Å². The minimum atomic E-state index is 0.163. The van der Waals surface area contributed by atoms with Crippen LogP contribution >= 0.6 is 0 Å². The molecule has 1 aromatic heterocycles. The SMILES string of the molecule is C=CCc1ccccc1OCc1nc2ccccc2n1C(C)c1ccccc1. The average molecular weight is 368 g/mol. The summed E-state index contributed by atoms with van der Waals surface area (Å²) in [7, 11) is 0. The summed E-state index contributed by atoms with van der Waals surface area (Å²) >= 11 is 0. The molecule has 0 amide bonds. The normalized spacial score (nSPS) is 12.0. The van der Waals surface area contributed by atoms with Crippen LogP contribution in [0.3, 0.4) is 0 Å². The highest BCUT2D eigenvalue weighted by Gasteiger charge is 2.17. The Hall–Kier alpha value is -3.33. The third kappa shape index (κ3) is 3.56. The molecule has 28 heavy (non-hydrogen) atoms.